The zero-order chi connectivity index (χ0) is 15.1. The van der Waals surface area contributed by atoms with Crippen molar-refractivity contribution in [3.05, 3.63) is 75.4 Å². The molecule has 1 rings (SSSR count). The molecule has 0 fully saturated rings. The van der Waals surface area contributed by atoms with E-state index in [0.29, 0.717) is 5.57 Å². The second-order valence-corrected chi connectivity index (χ2v) is 3.64. The van der Waals surface area contributed by atoms with E-state index in [2.05, 4.69) is 13.2 Å². The predicted octanol–water partition coefficient (Wildman–Crippen LogP) is 3.18. The van der Waals surface area contributed by atoms with Crippen LogP contribution in [0.3, 0.4) is 0 Å². The Balaban J connectivity index is 3.03. The molecule has 7 nitrogen and oxygen atoms in total. The second-order valence-electron chi connectivity index (χ2n) is 3.64. The van der Waals surface area contributed by atoms with E-state index in [0.717, 1.165) is 12.1 Å². The maximum atomic E-state index is 10.9. The van der Waals surface area contributed by atoms with Crippen molar-refractivity contribution >= 4 is 11.4 Å². The summed E-state index contributed by atoms with van der Waals surface area (Å²) in [6.45, 7) is 7.13. The zero-order valence-electron chi connectivity index (χ0n) is 10.5. The summed E-state index contributed by atoms with van der Waals surface area (Å²) in [5, 5.41) is 21.5. The second kappa shape index (κ2) is 6.83. The number of nitrogens with zero attached hydrogens (tertiary/aromatic N) is 2. The Bertz CT molecular complexity index is 592. The van der Waals surface area contributed by atoms with Crippen LogP contribution in [0.5, 0.6) is 5.75 Å². The highest BCUT2D eigenvalue weighted by Crippen LogP contribution is 2.31. The molecule has 0 N–H and O–H groups in total. The van der Waals surface area contributed by atoms with E-state index in [1.54, 1.807) is 6.08 Å². The zero-order valence-corrected chi connectivity index (χ0v) is 10.5. The number of hydrogen-bond donors (Lipinski definition) is 0. The Morgan fingerprint density at radius 2 is 1.95 bits per heavy atom. The van der Waals surface area contributed by atoms with Crippen LogP contribution in [0.1, 0.15) is 0 Å². The van der Waals surface area contributed by atoms with E-state index in [1.165, 1.54) is 18.2 Å². The molecule has 0 radical (unpaired) electrons. The Morgan fingerprint density at radius 1 is 1.25 bits per heavy atom. The minimum absolute atomic E-state index is 0.0441. The minimum Gasteiger partial charge on any atom is -0.482 e. The van der Waals surface area contributed by atoms with Crippen LogP contribution in [-0.4, -0.2) is 16.5 Å². The predicted molar refractivity (Wildman–Crippen MR) is 73.7 cm³/mol. The third kappa shape index (κ3) is 3.77. The van der Waals surface area contributed by atoms with E-state index in [9.17, 15) is 20.2 Å². The van der Waals surface area contributed by atoms with E-state index < -0.39 is 15.5 Å². The summed E-state index contributed by atoms with van der Waals surface area (Å²) in [6, 6.07) is 3.21. The largest absolute Gasteiger partial charge is 0.482 e. The number of rotatable bonds is 7. The fraction of sp³-hybridized carbons (Fsp3) is 0.0769. The highest BCUT2D eigenvalue weighted by atomic mass is 16.6. The fourth-order valence-electron chi connectivity index (χ4n) is 1.37. The molecule has 20 heavy (non-hydrogen) atoms. The van der Waals surface area contributed by atoms with Gasteiger partial charge in [-0.3, -0.25) is 20.2 Å². The van der Waals surface area contributed by atoms with Gasteiger partial charge in [0.05, 0.1) is 15.9 Å². The SMILES string of the molecule is C=C/C=C(\C=C)COc1ccc([N+](=O)[O-])cc1[N+](=O)[O-]. The van der Waals surface area contributed by atoms with Crippen molar-refractivity contribution in [2.75, 3.05) is 6.61 Å². The highest BCUT2D eigenvalue weighted by molar-refractivity contribution is 5.53. The fourth-order valence-corrected chi connectivity index (χ4v) is 1.37. The molecule has 7 heteroatoms. The minimum atomic E-state index is -0.729. The third-order valence-corrected chi connectivity index (χ3v) is 2.34. The summed E-state index contributed by atoms with van der Waals surface area (Å²) in [6.07, 6.45) is 4.70. The van der Waals surface area contributed by atoms with Crippen LogP contribution in [0, 0.1) is 20.2 Å². The molecule has 0 amide bonds. The monoisotopic (exact) mass is 276 g/mol. The first-order valence-electron chi connectivity index (χ1n) is 5.49. The summed E-state index contributed by atoms with van der Waals surface area (Å²) >= 11 is 0. The lowest BCUT2D eigenvalue weighted by molar-refractivity contribution is -0.394. The Labute approximate surface area is 114 Å². The number of nitro groups is 2. The molecule has 0 atom stereocenters. The first kappa shape index (κ1) is 15.1. The van der Waals surface area contributed by atoms with Crippen molar-refractivity contribution in [1.29, 1.82) is 0 Å². The molecule has 104 valence electrons. The molecule has 0 aliphatic rings. The Morgan fingerprint density at radius 3 is 2.45 bits per heavy atom. The van der Waals surface area contributed by atoms with Gasteiger partial charge in [-0.1, -0.05) is 31.4 Å². The summed E-state index contributed by atoms with van der Waals surface area (Å²) in [5.74, 6) is -0.0441. The highest BCUT2D eigenvalue weighted by Gasteiger charge is 2.20. The molecule has 0 aliphatic carbocycles. The van der Waals surface area contributed by atoms with Gasteiger partial charge in [-0.2, -0.15) is 0 Å². The molecular formula is C13H12N2O5. The van der Waals surface area contributed by atoms with Gasteiger partial charge in [0.15, 0.2) is 5.75 Å². The van der Waals surface area contributed by atoms with Crippen molar-refractivity contribution in [2.45, 2.75) is 0 Å². The first-order chi connectivity index (χ1) is 9.49. The first-order valence-corrected chi connectivity index (χ1v) is 5.49. The molecule has 1 aromatic carbocycles. The van der Waals surface area contributed by atoms with Crippen LogP contribution >= 0.6 is 0 Å². The van der Waals surface area contributed by atoms with Crippen molar-refractivity contribution in [3.8, 4) is 5.75 Å². The van der Waals surface area contributed by atoms with Gasteiger partial charge in [-0.15, -0.1) is 0 Å². The van der Waals surface area contributed by atoms with Crippen molar-refractivity contribution in [1.82, 2.24) is 0 Å². The maximum Gasteiger partial charge on any atom is 0.317 e. The van der Waals surface area contributed by atoms with E-state index in [4.69, 9.17) is 4.74 Å². The summed E-state index contributed by atoms with van der Waals surface area (Å²) in [5.41, 5.74) is -0.150. The Hall–Kier alpha value is -2.96. The molecular weight excluding hydrogens is 264 g/mol. The van der Waals surface area contributed by atoms with Gasteiger partial charge < -0.3 is 4.74 Å². The van der Waals surface area contributed by atoms with Gasteiger partial charge in [0.25, 0.3) is 5.69 Å². The van der Waals surface area contributed by atoms with Gasteiger partial charge >= 0.3 is 5.69 Å². The summed E-state index contributed by atoms with van der Waals surface area (Å²) < 4.78 is 5.29. The molecule has 0 heterocycles. The number of allylic oxidation sites excluding steroid dienone is 2. The molecule has 0 bridgehead atoms. The van der Waals surface area contributed by atoms with Crippen molar-refractivity contribution in [3.63, 3.8) is 0 Å². The third-order valence-electron chi connectivity index (χ3n) is 2.34. The molecule has 0 aliphatic heterocycles. The van der Waals surface area contributed by atoms with Crippen molar-refractivity contribution in [2.24, 2.45) is 0 Å². The van der Waals surface area contributed by atoms with E-state index >= 15 is 0 Å². The summed E-state index contributed by atoms with van der Waals surface area (Å²) in [4.78, 5) is 20.0. The Kier molecular flexibility index (Phi) is 5.16. The average Bonchev–Trinajstić information content (AvgIpc) is 2.42. The number of benzene rings is 1. The van der Waals surface area contributed by atoms with Crippen LogP contribution in [0.4, 0.5) is 11.4 Å². The normalized spacial score (nSPS) is 10.7. The number of hydrogen-bond acceptors (Lipinski definition) is 5. The van der Waals surface area contributed by atoms with Crippen LogP contribution in [0.2, 0.25) is 0 Å². The number of ether oxygens (including phenoxy) is 1. The number of non-ortho nitro benzene ring substituents is 1. The van der Waals surface area contributed by atoms with Crippen LogP contribution in [-0.2, 0) is 0 Å². The van der Waals surface area contributed by atoms with E-state index in [1.807, 2.05) is 0 Å². The van der Waals surface area contributed by atoms with Gasteiger partial charge in [0.2, 0.25) is 0 Å². The maximum absolute atomic E-state index is 10.9. The van der Waals surface area contributed by atoms with Gasteiger partial charge in [0.1, 0.15) is 6.61 Å². The summed E-state index contributed by atoms with van der Waals surface area (Å²) in [7, 11) is 0. The lowest BCUT2D eigenvalue weighted by Crippen LogP contribution is -2.02. The van der Waals surface area contributed by atoms with Gasteiger partial charge in [0, 0.05) is 6.07 Å². The van der Waals surface area contributed by atoms with Crippen LogP contribution in [0.15, 0.2) is 55.2 Å². The molecule has 0 saturated carbocycles. The molecule has 0 aromatic heterocycles. The molecule has 1 aromatic rings. The van der Waals surface area contributed by atoms with Crippen molar-refractivity contribution < 1.29 is 14.6 Å². The van der Waals surface area contributed by atoms with E-state index in [-0.39, 0.29) is 18.0 Å². The topological polar surface area (TPSA) is 95.5 Å². The molecule has 0 spiro atoms. The average molecular weight is 276 g/mol. The lowest BCUT2D eigenvalue weighted by atomic mass is 10.2. The van der Waals surface area contributed by atoms with Gasteiger partial charge in [-0.05, 0) is 11.6 Å². The number of nitro benzene ring substituents is 2. The standard InChI is InChI=1S/C13H12N2O5/c1-3-5-10(4-2)9-20-13-7-6-11(14(16)17)8-12(13)15(18)19/h3-8H,1-2,9H2/b10-5+. The molecule has 0 saturated heterocycles. The van der Waals surface area contributed by atoms with Crippen LogP contribution in [0.25, 0.3) is 0 Å². The van der Waals surface area contributed by atoms with Crippen LogP contribution < -0.4 is 4.74 Å². The molecule has 0 unspecified atom stereocenters. The quantitative estimate of drug-likeness (QED) is 0.433. The smallest absolute Gasteiger partial charge is 0.317 e. The lowest BCUT2D eigenvalue weighted by Gasteiger charge is -2.07. The van der Waals surface area contributed by atoms with Gasteiger partial charge in [-0.25, -0.2) is 0 Å².